The van der Waals surface area contributed by atoms with Crippen molar-refractivity contribution in [1.29, 1.82) is 0 Å². The molecular formula is C25H22S. The predicted molar refractivity (Wildman–Crippen MR) is 117 cm³/mol. The Balaban J connectivity index is 1.89. The molecule has 0 spiro atoms. The zero-order valence-electron chi connectivity index (χ0n) is 15.3. The molecule has 1 atom stereocenters. The lowest BCUT2D eigenvalue weighted by atomic mass is 9.81. The number of benzene rings is 3. The molecule has 1 heteroatoms. The number of hydrogen-bond donors (Lipinski definition) is 0. The van der Waals surface area contributed by atoms with E-state index < -0.39 is 0 Å². The summed E-state index contributed by atoms with van der Waals surface area (Å²) in [7, 11) is 0. The van der Waals surface area contributed by atoms with E-state index in [1.807, 2.05) is 17.4 Å². The fourth-order valence-electron chi connectivity index (χ4n) is 4.63. The third-order valence-electron chi connectivity index (χ3n) is 6.20. The van der Waals surface area contributed by atoms with Crippen LogP contribution in [0.15, 0.2) is 73.3 Å². The molecule has 0 aliphatic heterocycles. The van der Waals surface area contributed by atoms with Crippen molar-refractivity contribution in [2.75, 3.05) is 0 Å². The Kier molecular flexibility index (Phi) is 3.24. The summed E-state index contributed by atoms with van der Waals surface area (Å²) in [6.45, 7) is 13.1. The molecule has 0 fully saturated rings. The van der Waals surface area contributed by atoms with Gasteiger partial charge in [0.2, 0.25) is 0 Å². The first-order chi connectivity index (χ1) is 12.5. The summed E-state index contributed by atoms with van der Waals surface area (Å²) in [5.74, 6) is 0.381. The summed E-state index contributed by atoms with van der Waals surface area (Å²) >= 11 is 1.91. The van der Waals surface area contributed by atoms with Crippen LogP contribution in [-0.2, 0) is 5.41 Å². The van der Waals surface area contributed by atoms with E-state index in [1.165, 1.54) is 47.6 Å². The van der Waals surface area contributed by atoms with Gasteiger partial charge in [-0.25, -0.2) is 0 Å². The van der Waals surface area contributed by atoms with Crippen LogP contribution in [0.4, 0.5) is 0 Å². The van der Waals surface area contributed by atoms with Crippen LogP contribution in [0.25, 0.3) is 30.9 Å². The first-order valence-corrected chi connectivity index (χ1v) is 10.0. The average Bonchev–Trinajstić information content (AvgIpc) is 3.10. The molecule has 3 aromatic carbocycles. The Labute approximate surface area is 158 Å². The molecule has 0 bridgehead atoms. The van der Waals surface area contributed by atoms with Gasteiger partial charge in [0, 0.05) is 31.5 Å². The van der Waals surface area contributed by atoms with Crippen LogP contribution in [0.5, 0.6) is 0 Å². The molecule has 0 N–H and O–H groups in total. The van der Waals surface area contributed by atoms with Crippen LogP contribution >= 0.6 is 11.3 Å². The lowest BCUT2D eigenvalue weighted by Gasteiger charge is -2.22. The van der Waals surface area contributed by atoms with Crippen molar-refractivity contribution in [3.63, 3.8) is 0 Å². The Morgan fingerprint density at radius 2 is 1.85 bits per heavy atom. The van der Waals surface area contributed by atoms with Crippen molar-refractivity contribution in [3.8, 4) is 0 Å². The molecule has 1 aromatic heterocycles. The largest absolute Gasteiger partial charge is 0.135 e. The van der Waals surface area contributed by atoms with Crippen molar-refractivity contribution in [2.45, 2.75) is 31.6 Å². The summed E-state index contributed by atoms with van der Waals surface area (Å²) in [6.07, 6.45) is 2.99. The van der Waals surface area contributed by atoms with Crippen LogP contribution in [-0.4, -0.2) is 0 Å². The van der Waals surface area contributed by atoms with Gasteiger partial charge in [-0.3, -0.25) is 0 Å². The highest BCUT2D eigenvalue weighted by atomic mass is 32.1. The highest BCUT2D eigenvalue weighted by Crippen LogP contribution is 2.52. The smallest absolute Gasteiger partial charge is 0.0433 e. The Morgan fingerprint density at radius 3 is 2.65 bits per heavy atom. The molecular weight excluding hydrogens is 332 g/mol. The number of rotatable bonds is 2. The van der Waals surface area contributed by atoms with Crippen LogP contribution < -0.4 is 0 Å². The quantitative estimate of drug-likeness (QED) is 0.323. The minimum absolute atomic E-state index is 0.0202. The Morgan fingerprint density at radius 1 is 1.04 bits per heavy atom. The van der Waals surface area contributed by atoms with E-state index >= 15 is 0 Å². The van der Waals surface area contributed by atoms with Gasteiger partial charge in [-0.1, -0.05) is 62.4 Å². The normalized spacial score (nSPS) is 18.7. The monoisotopic (exact) mass is 354 g/mol. The van der Waals surface area contributed by atoms with Crippen molar-refractivity contribution < 1.29 is 0 Å². The zero-order chi connectivity index (χ0) is 18.1. The van der Waals surface area contributed by atoms with Gasteiger partial charge in [-0.15, -0.1) is 17.9 Å². The molecule has 128 valence electrons. The van der Waals surface area contributed by atoms with E-state index in [0.29, 0.717) is 5.92 Å². The second kappa shape index (κ2) is 5.31. The molecule has 1 aliphatic carbocycles. The second-order valence-electron chi connectivity index (χ2n) is 7.93. The number of allylic oxidation sites excluding steroid dienone is 2. The molecule has 1 heterocycles. The molecule has 0 amide bonds. The van der Waals surface area contributed by atoms with E-state index in [9.17, 15) is 0 Å². The number of thiophene rings is 1. The van der Waals surface area contributed by atoms with Crippen LogP contribution in [0, 0.1) is 0 Å². The fraction of sp³-hybridized carbons (Fsp3) is 0.200. The third-order valence-corrected chi connectivity index (χ3v) is 7.42. The molecule has 1 aliphatic rings. The van der Waals surface area contributed by atoms with Gasteiger partial charge in [-0.05, 0) is 46.5 Å². The maximum Gasteiger partial charge on any atom is 0.0433 e. The molecule has 5 rings (SSSR count). The minimum Gasteiger partial charge on any atom is -0.135 e. The van der Waals surface area contributed by atoms with Crippen molar-refractivity contribution >= 4 is 42.3 Å². The van der Waals surface area contributed by atoms with Crippen molar-refractivity contribution in [3.05, 3.63) is 84.5 Å². The summed E-state index contributed by atoms with van der Waals surface area (Å²) in [5.41, 5.74) is 4.21. The third kappa shape index (κ3) is 1.95. The minimum atomic E-state index is 0.0202. The molecule has 1 unspecified atom stereocenters. The van der Waals surface area contributed by atoms with Gasteiger partial charge in [-0.2, -0.15) is 0 Å². The van der Waals surface area contributed by atoms with Gasteiger partial charge in [0.15, 0.2) is 0 Å². The lowest BCUT2D eigenvalue weighted by molar-refractivity contribution is 0.619. The first kappa shape index (κ1) is 15.8. The molecule has 4 aromatic rings. The highest BCUT2D eigenvalue weighted by molar-refractivity contribution is 7.26. The summed E-state index contributed by atoms with van der Waals surface area (Å²) < 4.78 is 2.77. The molecule has 0 saturated carbocycles. The maximum absolute atomic E-state index is 4.46. The molecule has 0 saturated heterocycles. The maximum atomic E-state index is 4.46. The van der Waals surface area contributed by atoms with Crippen molar-refractivity contribution in [1.82, 2.24) is 0 Å². The van der Waals surface area contributed by atoms with Crippen molar-refractivity contribution in [2.24, 2.45) is 0 Å². The van der Waals surface area contributed by atoms with E-state index in [0.717, 1.165) is 6.42 Å². The van der Waals surface area contributed by atoms with Gasteiger partial charge < -0.3 is 0 Å². The standard InChI is InChI=1S/C25H22S/c1-5-8-17-15(2)25(3,4)22-13-16-11-12-19-18-9-6-7-10-23(18)26-24(19)20(16)14-21(17)22/h5-7,9-14,17H,1-2,8H2,3-4H3. The Bertz CT molecular complexity index is 1220. The van der Waals surface area contributed by atoms with E-state index in [4.69, 9.17) is 0 Å². The van der Waals surface area contributed by atoms with Crippen LogP contribution in [0.3, 0.4) is 0 Å². The number of hydrogen-bond acceptors (Lipinski definition) is 1. The van der Waals surface area contributed by atoms with Gasteiger partial charge in [0.05, 0.1) is 0 Å². The number of fused-ring (bicyclic) bond motifs is 6. The molecule has 26 heavy (non-hydrogen) atoms. The Hall–Kier alpha value is -2.38. The summed E-state index contributed by atoms with van der Waals surface area (Å²) in [4.78, 5) is 0. The lowest BCUT2D eigenvalue weighted by Crippen LogP contribution is -2.15. The van der Waals surface area contributed by atoms with Gasteiger partial charge in [0.25, 0.3) is 0 Å². The SMILES string of the molecule is C=CCC1C(=C)C(C)(C)c2cc3ccc4c5ccccc5sc4c3cc21. The van der Waals surface area contributed by atoms with Gasteiger partial charge in [0.1, 0.15) is 0 Å². The van der Waals surface area contributed by atoms with Gasteiger partial charge >= 0.3 is 0 Å². The van der Waals surface area contributed by atoms with E-state index in [-0.39, 0.29) is 5.41 Å². The van der Waals surface area contributed by atoms with E-state index in [1.54, 1.807) is 0 Å². The topological polar surface area (TPSA) is 0 Å². The fourth-order valence-corrected chi connectivity index (χ4v) is 5.86. The average molecular weight is 355 g/mol. The molecule has 0 nitrogen and oxygen atoms in total. The van der Waals surface area contributed by atoms with E-state index in [2.05, 4.69) is 75.5 Å². The second-order valence-corrected chi connectivity index (χ2v) is 8.98. The summed E-state index contributed by atoms with van der Waals surface area (Å²) in [5, 5.41) is 5.45. The predicted octanol–water partition coefficient (Wildman–Crippen LogP) is 7.71. The zero-order valence-corrected chi connectivity index (χ0v) is 16.1. The van der Waals surface area contributed by atoms with Crippen LogP contribution in [0.1, 0.15) is 37.3 Å². The molecule has 0 radical (unpaired) electrons. The summed E-state index contributed by atoms with van der Waals surface area (Å²) in [6, 6.07) is 18.2. The van der Waals surface area contributed by atoms with Crippen LogP contribution in [0.2, 0.25) is 0 Å². The highest BCUT2D eigenvalue weighted by Gasteiger charge is 2.39. The first-order valence-electron chi connectivity index (χ1n) is 9.21.